The summed E-state index contributed by atoms with van der Waals surface area (Å²) < 4.78 is 0. The molecular formula is C22H37N5. The van der Waals surface area contributed by atoms with Gasteiger partial charge in [-0.05, 0) is 69.9 Å². The monoisotopic (exact) mass is 371 g/mol. The van der Waals surface area contributed by atoms with Gasteiger partial charge in [0.05, 0.1) is 6.54 Å². The Morgan fingerprint density at radius 2 is 1.48 bits per heavy atom. The summed E-state index contributed by atoms with van der Waals surface area (Å²) in [4.78, 5) is 9.86. The molecule has 5 heteroatoms. The number of nitrogens with zero attached hydrogens (tertiary/aromatic N) is 3. The largest absolute Gasteiger partial charge is 0.357 e. The molecule has 2 aliphatic heterocycles. The summed E-state index contributed by atoms with van der Waals surface area (Å²) in [5, 5.41) is 6.85. The molecule has 1 aromatic carbocycles. The van der Waals surface area contributed by atoms with Crippen LogP contribution in [-0.4, -0.2) is 61.6 Å². The second kappa shape index (κ2) is 11.3. The lowest BCUT2D eigenvalue weighted by atomic mass is 10.1. The first-order valence-electron chi connectivity index (χ1n) is 10.9. The summed E-state index contributed by atoms with van der Waals surface area (Å²) >= 11 is 0. The Bertz CT molecular complexity index is 557. The molecule has 2 aliphatic rings. The van der Waals surface area contributed by atoms with Gasteiger partial charge in [0.1, 0.15) is 0 Å². The molecular weight excluding hydrogens is 334 g/mol. The SMILES string of the molecule is CCNC(=NCc1ccc(CN2CCCC2)cc1)NCCN1CCCCC1. The highest BCUT2D eigenvalue weighted by Crippen LogP contribution is 2.13. The van der Waals surface area contributed by atoms with Crippen molar-refractivity contribution in [3.05, 3.63) is 35.4 Å². The molecule has 0 saturated carbocycles. The zero-order chi connectivity index (χ0) is 18.7. The Kier molecular flexibility index (Phi) is 8.43. The van der Waals surface area contributed by atoms with Crippen LogP contribution in [0.1, 0.15) is 50.2 Å². The molecule has 0 aromatic heterocycles. The van der Waals surface area contributed by atoms with E-state index in [0.717, 1.165) is 38.7 Å². The first kappa shape index (κ1) is 20.2. The van der Waals surface area contributed by atoms with E-state index < -0.39 is 0 Å². The van der Waals surface area contributed by atoms with E-state index in [9.17, 15) is 0 Å². The van der Waals surface area contributed by atoms with Crippen LogP contribution in [0.25, 0.3) is 0 Å². The third-order valence-corrected chi connectivity index (χ3v) is 5.56. The van der Waals surface area contributed by atoms with E-state index in [0.29, 0.717) is 0 Å². The van der Waals surface area contributed by atoms with E-state index in [-0.39, 0.29) is 0 Å². The molecule has 2 heterocycles. The van der Waals surface area contributed by atoms with Gasteiger partial charge in [-0.25, -0.2) is 4.99 Å². The third-order valence-electron chi connectivity index (χ3n) is 5.56. The molecule has 0 radical (unpaired) electrons. The molecule has 5 nitrogen and oxygen atoms in total. The quantitative estimate of drug-likeness (QED) is 0.545. The standard InChI is InChI=1S/C22H37N5/c1-2-23-22(24-12-17-26-13-4-3-5-14-26)25-18-20-8-10-21(11-9-20)19-27-15-6-7-16-27/h8-11H,2-7,12-19H2,1H3,(H2,23,24,25). The van der Waals surface area contributed by atoms with Gasteiger partial charge in [-0.3, -0.25) is 4.90 Å². The van der Waals surface area contributed by atoms with Crippen molar-refractivity contribution in [1.29, 1.82) is 0 Å². The Hall–Kier alpha value is -1.59. The van der Waals surface area contributed by atoms with Crippen LogP contribution in [0.3, 0.4) is 0 Å². The van der Waals surface area contributed by atoms with Crippen molar-refractivity contribution in [2.75, 3.05) is 45.8 Å². The normalized spacial score (nSPS) is 19.4. The van der Waals surface area contributed by atoms with Crippen LogP contribution in [-0.2, 0) is 13.1 Å². The zero-order valence-corrected chi connectivity index (χ0v) is 17.1. The molecule has 3 rings (SSSR count). The van der Waals surface area contributed by atoms with E-state index in [1.807, 2.05) is 0 Å². The fourth-order valence-corrected chi connectivity index (χ4v) is 3.98. The van der Waals surface area contributed by atoms with Gasteiger partial charge < -0.3 is 15.5 Å². The summed E-state index contributed by atoms with van der Waals surface area (Å²) in [7, 11) is 0. The van der Waals surface area contributed by atoms with Crippen LogP contribution in [0.2, 0.25) is 0 Å². The van der Waals surface area contributed by atoms with Crippen molar-refractivity contribution < 1.29 is 0 Å². The molecule has 1 aromatic rings. The molecule has 0 amide bonds. The maximum atomic E-state index is 4.76. The Morgan fingerprint density at radius 3 is 2.19 bits per heavy atom. The minimum atomic E-state index is 0.725. The Labute approximate surface area is 165 Å². The highest BCUT2D eigenvalue weighted by molar-refractivity contribution is 5.79. The highest BCUT2D eigenvalue weighted by Gasteiger charge is 2.11. The van der Waals surface area contributed by atoms with E-state index >= 15 is 0 Å². The number of benzene rings is 1. The van der Waals surface area contributed by atoms with Crippen LogP contribution in [0.15, 0.2) is 29.3 Å². The molecule has 2 fully saturated rings. The van der Waals surface area contributed by atoms with Crippen molar-refractivity contribution in [2.24, 2.45) is 4.99 Å². The van der Waals surface area contributed by atoms with Gasteiger partial charge in [-0.1, -0.05) is 30.7 Å². The van der Waals surface area contributed by atoms with Crippen LogP contribution in [0.5, 0.6) is 0 Å². The number of piperidine rings is 1. The molecule has 27 heavy (non-hydrogen) atoms. The van der Waals surface area contributed by atoms with Crippen LogP contribution in [0, 0.1) is 0 Å². The van der Waals surface area contributed by atoms with Gasteiger partial charge in [0, 0.05) is 26.2 Å². The topological polar surface area (TPSA) is 42.9 Å². The van der Waals surface area contributed by atoms with E-state index in [4.69, 9.17) is 4.99 Å². The smallest absolute Gasteiger partial charge is 0.191 e. The van der Waals surface area contributed by atoms with Gasteiger partial charge in [0.25, 0.3) is 0 Å². The number of hydrogen-bond acceptors (Lipinski definition) is 3. The molecule has 150 valence electrons. The van der Waals surface area contributed by atoms with Crippen molar-refractivity contribution in [3.63, 3.8) is 0 Å². The van der Waals surface area contributed by atoms with Gasteiger partial charge in [0.2, 0.25) is 0 Å². The van der Waals surface area contributed by atoms with Gasteiger partial charge in [-0.2, -0.15) is 0 Å². The lowest BCUT2D eigenvalue weighted by Gasteiger charge is -2.26. The summed E-state index contributed by atoms with van der Waals surface area (Å²) in [5.41, 5.74) is 2.68. The molecule has 0 spiro atoms. The number of nitrogens with one attached hydrogen (secondary N) is 2. The maximum absolute atomic E-state index is 4.76. The third kappa shape index (κ3) is 7.15. The number of rotatable bonds is 8. The zero-order valence-electron chi connectivity index (χ0n) is 17.1. The molecule has 2 saturated heterocycles. The predicted octanol–water partition coefficient (Wildman–Crippen LogP) is 2.82. The second-order valence-electron chi connectivity index (χ2n) is 7.82. The first-order valence-corrected chi connectivity index (χ1v) is 10.9. The van der Waals surface area contributed by atoms with Crippen molar-refractivity contribution >= 4 is 5.96 Å². The summed E-state index contributed by atoms with van der Waals surface area (Å²) in [6.45, 7) is 11.9. The Balaban J connectivity index is 1.43. The van der Waals surface area contributed by atoms with Crippen LogP contribution >= 0.6 is 0 Å². The lowest BCUT2D eigenvalue weighted by molar-refractivity contribution is 0.232. The molecule has 2 N–H and O–H groups in total. The average molecular weight is 372 g/mol. The second-order valence-corrected chi connectivity index (χ2v) is 7.82. The van der Waals surface area contributed by atoms with Gasteiger partial charge >= 0.3 is 0 Å². The maximum Gasteiger partial charge on any atom is 0.191 e. The molecule has 0 atom stereocenters. The van der Waals surface area contributed by atoms with Crippen LogP contribution < -0.4 is 10.6 Å². The first-order chi connectivity index (χ1) is 13.3. The Morgan fingerprint density at radius 1 is 0.852 bits per heavy atom. The molecule has 0 aliphatic carbocycles. The summed E-state index contributed by atoms with van der Waals surface area (Å²) in [6, 6.07) is 8.98. The summed E-state index contributed by atoms with van der Waals surface area (Å²) in [6.07, 6.45) is 6.80. The van der Waals surface area contributed by atoms with E-state index in [1.54, 1.807) is 0 Å². The minimum absolute atomic E-state index is 0.725. The van der Waals surface area contributed by atoms with Crippen molar-refractivity contribution in [1.82, 2.24) is 20.4 Å². The fourth-order valence-electron chi connectivity index (χ4n) is 3.98. The van der Waals surface area contributed by atoms with Crippen molar-refractivity contribution in [2.45, 2.75) is 52.1 Å². The number of likely N-dealkylation sites (tertiary alicyclic amines) is 2. The molecule has 0 bridgehead atoms. The average Bonchev–Trinajstić information content (AvgIpc) is 3.21. The van der Waals surface area contributed by atoms with Crippen LogP contribution in [0.4, 0.5) is 0 Å². The molecule has 0 unspecified atom stereocenters. The highest BCUT2D eigenvalue weighted by atomic mass is 15.2. The van der Waals surface area contributed by atoms with E-state index in [1.165, 1.54) is 69.4 Å². The number of aliphatic imine (C=N–C) groups is 1. The van der Waals surface area contributed by atoms with Gasteiger partial charge in [0.15, 0.2) is 5.96 Å². The van der Waals surface area contributed by atoms with E-state index in [2.05, 4.69) is 51.6 Å². The summed E-state index contributed by atoms with van der Waals surface area (Å²) in [5.74, 6) is 0.927. The predicted molar refractivity (Wildman–Crippen MR) is 114 cm³/mol. The fraction of sp³-hybridized carbons (Fsp3) is 0.682. The minimum Gasteiger partial charge on any atom is -0.357 e. The van der Waals surface area contributed by atoms with Gasteiger partial charge in [-0.15, -0.1) is 0 Å². The number of hydrogen-bond donors (Lipinski definition) is 2. The lowest BCUT2D eigenvalue weighted by Crippen LogP contribution is -2.42. The van der Waals surface area contributed by atoms with Crippen molar-refractivity contribution in [3.8, 4) is 0 Å². The number of guanidine groups is 1.